The molecule has 7 nitrogen and oxygen atoms in total. The topological polar surface area (TPSA) is 86.8 Å². The molecular weight excluding hydrogens is 638 g/mol. The maximum absolute atomic E-state index is 14.5. The van der Waals surface area contributed by atoms with Gasteiger partial charge in [0.25, 0.3) is 10.0 Å². The number of carbonyl (C=O) groups excluding carboxylic acids is 2. The van der Waals surface area contributed by atoms with E-state index in [2.05, 4.69) is 21.2 Å². The quantitative estimate of drug-likeness (QED) is 0.177. The number of benzene rings is 4. The Morgan fingerprint density at radius 2 is 1.50 bits per heavy atom. The van der Waals surface area contributed by atoms with Crippen molar-refractivity contribution in [2.24, 2.45) is 0 Å². The fourth-order valence-corrected chi connectivity index (χ4v) is 6.75. The van der Waals surface area contributed by atoms with Gasteiger partial charge in [0.05, 0.1) is 10.6 Å². The summed E-state index contributed by atoms with van der Waals surface area (Å²) < 4.78 is 30.2. The minimum atomic E-state index is -4.14. The lowest BCUT2D eigenvalue weighted by Gasteiger charge is -2.34. The second-order valence-corrected chi connectivity index (χ2v) is 13.6. The first-order valence-corrected chi connectivity index (χ1v) is 16.8. The summed E-state index contributed by atoms with van der Waals surface area (Å²) in [5.74, 6) is -0.780. The Labute approximate surface area is 269 Å². The number of carbonyl (C=O) groups is 2. The average molecular weight is 677 g/mol. The summed E-state index contributed by atoms with van der Waals surface area (Å²) in [6.45, 7) is 5.80. The average Bonchev–Trinajstić information content (AvgIpc) is 3.01. The molecule has 0 bridgehead atoms. The second kappa shape index (κ2) is 15.2. The van der Waals surface area contributed by atoms with Crippen LogP contribution >= 0.6 is 15.9 Å². The van der Waals surface area contributed by atoms with Crippen LogP contribution < -0.4 is 9.62 Å². The molecule has 4 rings (SSSR count). The van der Waals surface area contributed by atoms with Crippen LogP contribution in [0, 0.1) is 13.8 Å². The Morgan fingerprint density at radius 3 is 2.16 bits per heavy atom. The van der Waals surface area contributed by atoms with E-state index in [1.165, 1.54) is 4.90 Å². The van der Waals surface area contributed by atoms with Gasteiger partial charge in [0.15, 0.2) is 0 Å². The Bertz CT molecular complexity index is 1680. The molecule has 0 radical (unpaired) electrons. The van der Waals surface area contributed by atoms with E-state index in [0.29, 0.717) is 12.2 Å². The smallest absolute Gasteiger partial charge is 0.264 e. The van der Waals surface area contributed by atoms with E-state index in [-0.39, 0.29) is 23.8 Å². The molecule has 230 valence electrons. The molecule has 0 fully saturated rings. The summed E-state index contributed by atoms with van der Waals surface area (Å²) in [5.41, 5.74) is 3.84. The maximum atomic E-state index is 14.5. The zero-order valence-electron chi connectivity index (χ0n) is 25.2. The van der Waals surface area contributed by atoms with E-state index in [1.807, 2.05) is 81.4 Å². The van der Waals surface area contributed by atoms with E-state index >= 15 is 0 Å². The van der Waals surface area contributed by atoms with Gasteiger partial charge in [-0.15, -0.1) is 0 Å². The number of amides is 2. The highest BCUT2D eigenvalue weighted by molar-refractivity contribution is 9.10. The normalized spacial score (nSPS) is 11.9. The highest BCUT2D eigenvalue weighted by atomic mass is 79.9. The number of nitrogens with one attached hydrogen (secondary N) is 1. The minimum absolute atomic E-state index is 0.0810. The van der Waals surface area contributed by atoms with Crippen LogP contribution in [0.1, 0.15) is 35.6 Å². The molecule has 4 aromatic carbocycles. The molecule has 0 saturated heterocycles. The standard InChI is InChI=1S/C35H38BrN3O4S/c1-4-20-37-35(41)33(23-28-11-6-5-7-12-28)38(24-29-13-9-14-30(36)22-29)34(40)25-39(31-15-8-10-27(3)21-31)44(42,43)32-18-16-26(2)17-19-32/h5-19,21-22,33H,4,20,23-25H2,1-3H3,(H,37,41)/t33-/m0/s1. The van der Waals surface area contributed by atoms with Crippen LogP contribution in [0.25, 0.3) is 0 Å². The number of anilines is 1. The molecule has 0 saturated carbocycles. The van der Waals surface area contributed by atoms with Crippen LogP contribution in [0.4, 0.5) is 5.69 Å². The Kier molecular flexibility index (Phi) is 11.4. The van der Waals surface area contributed by atoms with Crippen molar-refractivity contribution in [1.29, 1.82) is 0 Å². The molecule has 1 atom stereocenters. The molecule has 0 aromatic heterocycles. The molecule has 0 aliphatic heterocycles. The molecule has 0 spiro atoms. The molecule has 0 aliphatic rings. The van der Waals surface area contributed by atoms with Gasteiger partial charge in [-0.3, -0.25) is 13.9 Å². The molecule has 4 aromatic rings. The lowest BCUT2D eigenvalue weighted by atomic mass is 10.0. The van der Waals surface area contributed by atoms with E-state index in [0.717, 1.165) is 37.5 Å². The van der Waals surface area contributed by atoms with Gasteiger partial charge in [0, 0.05) is 24.0 Å². The third kappa shape index (κ3) is 8.57. The van der Waals surface area contributed by atoms with Crippen LogP contribution in [-0.2, 0) is 32.6 Å². The molecule has 44 heavy (non-hydrogen) atoms. The minimum Gasteiger partial charge on any atom is -0.354 e. The number of halogens is 1. The highest BCUT2D eigenvalue weighted by Gasteiger charge is 2.34. The van der Waals surface area contributed by atoms with Crippen LogP contribution in [0.2, 0.25) is 0 Å². The van der Waals surface area contributed by atoms with E-state index in [4.69, 9.17) is 0 Å². The molecule has 1 N–H and O–H groups in total. The Hall–Kier alpha value is -3.95. The van der Waals surface area contributed by atoms with Crippen molar-refractivity contribution in [2.45, 2.75) is 51.1 Å². The SMILES string of the molecule is CCCNC(=O)[C@H](Cc1ccccc1)N(Cc1cccc(Br)c1)C(=O)CN(c1cccc(C)c1)S(=O)(=O)c1ccc(C)cc1. The zero-order chi connectivity index (χ0) is 31.7. The lowest BCUT2D eigenvalue weighted by molar-refractivity contribution is -0.140. The van der Waals surface area contributed by atoms with E-state index in [1.54, 1.807) is 42.5 Å². The summed E-state index contributed by atoms with van der Waals surface area (Å²) >= 11 is 3.51. The summed E-state index contributed by atoms with van der Waals surface area (Å²) in [5, 5.41) is 2.97. The Balaban J connectivity index is 1.80. The number of sulfonamides is 1. The van der Waals surface area contributed by atoms with Crippen molar-refractivity contribution in [1.82, 2.24) is 10.2 Å². The van der Waals surface area contributed by atoms with Gasteiger partial charge in [-0.1, -0.05) is 95.1 Å². The summed E-state index contributed by atoms with van der Waals surface area (Å²) in [4.78, 5) is 29.8. The van der Waals surface area contributed by atoms with Gasteiger partial charge in [-0.05, 0) is 73.4 Å². The van der Waals surface area contributed by atoms with E-state index < -0.39 is 28.5 Å². The largest absolute Gasteiger partial charge is 0.354 e. The van der Waals surface area contributed by atoms with Gasteiger partial charge in [0.1, 0.15) is 12.6 Å². The van der Waals surface area contributed by atoms with Crippen LogP contribution in [0.3, 0.4) is 0 Å². The number of hydrogen-bond acceptors (Lipinski definition) is 4. The molecular formula is C35H38BrN3O4S. The van der Waals surface area contributed by atoms with Gasteiger partial charge < -0.3 is 10.2 Å². The second-order valence-electron chi connectivity index (χ2n) is 10.8. The van der Waals surface area contributed by atoms with Crippen molar-refractivity contribution in [3.63, 3.8) is 0 Å². The molecule has 9 heteroatoms. The zero-order valence-corrected chi connectivity index (χ0v) is 27.6. The third-order valence-electron chi connectivity index (χ3n) is 7.24. The first kappa shape index (κ1) is 33.0. The molecule has 2 amide bonds. The predicted molar refractivity (Wildman–Crippen MR) is 179 cm³/mol. The van der Waals surface area contributed by atoms with Gasteiger partial charge in [-0.25, -0.2) is 8.42 Å². The van der Waals surface area contributed by atoms with Crippen molar-refractivity contribution in [3.8, 4) is 0 Å². The van der Waals surface area contributed by atoms with Crippen molar-refractivity contribution in [2.75, 3.05) is 17.4 Å². The summed E-state index contributed by atoms with van der Waals surface area (Å²) in [7, 11) is -4.14. The molecule has 0 aliphatic carbocycles. The maximum Gasteiger partial charge on any atom is 0.264 e. The number of aryl methyl sites for hydroxylation is 2. The summed E-state index contributed by atoms with van der Waals surface area (Å²) in [6.07, 6.45) is 1.00. The number of nitrogens with zero attached hydrogens (tertiary/aromatic N) is 2. The van der Waals surface area contributed by atoms with Crippen LogP contribution in [0.5, 0.6) is 0 Å². The lowest BCUT2D eigenvalue weighted by Crippen LogP contribution is -2.53. The van der Waals surface area contributed by atoms with Crippen molar-refractivity contribution in [3.05, 3.63) is 130 Å². The first-order chi connectivity index (χ1) is 21.1. The van der Waals surface area contributed by atoms with Gasteiger partial charge in [-0.2, -0.15) is 0 Å². The number of rotatable bonds is 13. The fraction of sp³-hybridized carbons (Fsp3) is 0.257. The van der Waals surface area contributed by atoms with Crippen molar-refractivity contribution < 1.29 is 18.0 Å². The molecule has 0 heterocycles. The van der Waals surface area contributed by atoms with Gasteiger partial charge >= 0.3 is 0 Å². The molecule has 0 unspecified atom stereocenters. The van der Waals surface area contributed by atoms with Gasteiger partial charge in [0.2, 0.25) is 11.8 Å². The van der Waals surface area contributed by atoms with Crippen LogP contribution in [0.15, 0.2) is 112 Å². The van der Waals surface area contributed by atoms with Crippen molar-refractivity contribution >= 4 is 43.5 Å². The first-order valence-electron chi connectivity index (χ1n) is 14.6. The highest BCUT2D eigenvalue weighted by Crippen LogP contribution is 2.26. The number of hydrogen-bond donors (Lipinski definition) is 1. The fourth-order valence-electron chi connectivity index (χ4n) is 4.90. The van der Waals surface area contributed by atoms with E-state index in [9.17, 15) is 18.0 Å². The van der Waals surface area contributed by atoms with Crippen LogP contribution in [-0.4, -0.2) is 44.3 Å². The summed E-state index contributed by atoms with van der Waals surface area (Å²) in [6, 6.07) is 29.8. The monoisotopic (exact) mass is 675 g/mol. The Morgan fingerprint density at radius 1 is 0.818 bits per heavy atom. The third-order valence-corrected chi connectivity index (χ3v) is 9.52. The predicted octanol–water partition coefficient (Wildman–Crippen LogP) is 6.43.